The highest BCUT2D eigenvalue weighted by atomic mass is 32.1. The highest BCUT2D eigenvalue weighted by Gasteiger charge is 2.23. The number of nitrogens with one attached hydrogen (secondary N) is 1. The molecule has 1 N–H and O–H groups in total. The molecule has 2 heterocycles. The molecule has 0 amide bonds. The van der Waals surface area contributed by atoms with Crippen LogP contribution in [0.15, 0.2) is 12.1 Å². The van der Waals surface area contributed by atoms with Crippen molar-refractivity contribution >= 4 is 26.7 Å². The van der Waals surface area contributed by atoms with Crippen molar-refractivity contribution in [2.24, 2.45) is 0 Å². The second-order valence-electron chi connectivity index (χ2n) is 5.44. The molecule has 2 atom stereocenters. The molecule has 1 aromatic heterocycles. The van der Waals surface area contributed by atoms with E-state index in [0.29, 0.717) is 17.6 Å². The lowest BCUT2D eigenvalue weighted by Crippen LogP contribution is -2.54. The van der Waals surface area contributed by atoms with Gasteiger partial charge in [-0.1, -0.05) is 11.3 Å². The van der Waals surface area contributed by atoms with Crippen LogP contribution in [-0.4, -0.2) is 30.2 Å². The highest BCUT2D eigenvalue weighted by Crippen LogP contribution is 2.31. The molecule has 1 fully saturated rings. The van der Waals surface area contributed by atoms with E-state index in [9.17, 15) is 4.39 Å². The minimum atomic E-state index is -0.175. The maximum Gasteiger partial charge on any atom is 0.186 e. The lowest BCUT2D eigenvalue weighted by atomic mass is 10.2. The minimum absolute atomic E-state index is 0.175. The second-order valence-corrected chi connectivity index (χ2v) is 6.45. The molecule has 1 aliphatic rings. The normalized spacial score (nSPS) is 24.1. The third-order valence-corrected chi connectivity index (χ3v) is 4.56. The average Bonchev–Trinajstić information content (AvgIpc) is 2.71. The van der Waals surface area contributed by atoms with E-state index in [0.717, 1.165) is 28.4 Å². The number of hydrogen-bond acceptors (Lipinski definition) is 4. The SMILES string of the molecule is Cc1cc2sc(N3C[C@@H](C)N[C@@H](C)C3)nc2cc1F. The topological polar surface area (TPSA) is 28.2 Å². The number of nitrogens with zero attached hydrogens (tertiary/aromatic N) is 2. The van der Waals surface area contributed by atoms with E-state index >= 15 is 0 Å². The Morgan fingerprint density at radius 2 is 2.00 bits per heavy atom. The first-order valence-electron chi connectivity index (χ1n) is 6.60. The first kappa shape index (κ1) is 12.8. The number of benzene rings is 1. The van der Waals surface area contributed by atoms with Crippen molar-refractivity contribution in [3.05, 3.63) is 23.5 Å². The van der Waals surface area contributed by atoms with Crippen LogP contribution in [0.25, 0.3) is 10.2 Å². The molecule has 1 saturated heterocycles. The molecule has 0 bridgehead atoms. The van der Waals surface area contributed by atoms with Crippen LogP contribution in [0.2, 0.25) is 0 Å². The van der Waals surface area contributed by atoms with E-state index in [-0.39, 0.29) is 5.82 Å². The minimum Gasteiger partial charge on any atom is -0.345 e. The fourth-order valence-electron chi connectivity index (χ4n) is 2.66. The summed E-state index contributed by atoms with van der Waals surface area (Å²) < 4.78 is 14.6. The fourth-order valence-corrected chi connectivity index (χ4v) is 3.72. The lowest BCUT2D eigenvalue weighted by Gasteiger charge is -2.35. The largest absolute Gasteiger partial charge is 0.345 e. The lowest BCUT2D eigenvalue weighted by molar-refractivity contribution is 0.407. The number of thiazole rings is 1. The Kier molecular flexibility index (Phi) is 3.19. The predicted molar refractivity (Wildman–Crippen MR) is 78.6 cm³/mol. The number of piperazine rings is 1. The van der Waals surface area contributed by atoms with Crippen LogP contribution in [0.1, 0.15) is 19.4 Å². The van der Waals surface area contributed by atoms with Gasteiger partial charge in [0.25, 0.3) is 0 Å². The van der Waals surface area contributed by atoms with E-state index in [1.807, 2.05) is 6.07 Å². The molecule has 19 heavy (non-hydrogen) atoms. The fraction of sp³-hybridized carbons (Fsp3) is 0.500. The van der Waals surface area contributed by atoms with Gasteiger partial charge in [0.15, 0.2) is 5.13 Å². The molecular weight excluding hydrogens is 261 g/mol. The van der Waals surface area contributed by atoms with Crippen LogP contribution in [0, 0.1) is 12.7 Å². The summed E-state index contributed by atoms with van der Waals surface area (Å²) in [5.74, 6) is -0.175. The summed E-state index contributed by atoms with van der Waals surface area (Å²) in [6.07, 6.45) is 0. The highest BCUT2D eigenvalue weighted by molar-refractivity contribution is 7.22. The molecule has 0 spiro atoms. The maximum atomic E-state index is 13.6. The van der Waals surface area contributed by atoms with Crippen molar-refractivity contribution in [1.29, 1.82) is 0 Å². The Morgan fingerprint density at radius 3 is 2.68 bits per heavy atom. The molecular formula is C14H18FN3S. The number of anilines is 1. The summed E-state index contributed by atoms with van der Waals surface area (Å²) in [6.45, 7) is 8.06. The van der Waals surface area contributed by atoms with Gasteiger partial charge in [-0.3, -0.25) is 0 Å². The number of aromatic nitrogens is 1. The number of aryl methyl sites for hydroxylation is 1. The molecule has 2 aromatic rings. The number of rotatable bonds is 1. The zero-order chi connectivity index (χ0) is 13.6. The average molecular weight is 279 g/mol. The first-order valence-corrected chi connectivity index (χ1v) is 7.42. The number of halogens is 1. The zero-order valence-corrected chi connectivity index (χ0v) is 12.2. The predicted octanol–water partition coefficient (Wildman–Crippen LogP) is 2.93. The van der Waals surface area contributed by atoms with Crippen molar-refractivity contribution in [3.63, 3.8) is 0 Å². The Morgan fingerprint density at radius 1 is 1.32 bits per heavy atom. The summed E-state index contributed by atoms with van der Waals surface area (Å²) in [5, 5.41) is 4.51. The number of hydrogen-bond donors (Lipinski definition) is 1. The quantitative estimate of drug-likeness (QED) is 0.870. The summed E-state index contributed by atoms with van der Waals surface area (Å²) in [5.41, 5.74) is 1.45. The van der Waals surface area contributed by atoms with Gasteiger partial charge in [-0.2, -0.15) is 0 Å². The van der Waals surface area contributed by atoms with Crippen LogP contribution in [0.4, 0.5) is 9.52 Å². The number of fused-ring (bicyclic) bond motifs is 1. The third kappa shape index (κ3) is 2.44. The Labute approximate surface area is 116 Å². The van der Waals surface area contributed by atoms with E-state index in [1.54, 1.807) is 24.3 Å². The van der Waals surface area contributed by atoms with Gasteiger partial charge in [0.05, 0.1) is 10.2 Å². The molecule has 102 valence electrons. The van der Waals surface area contributed by atoms with Gasteiger partial charge in [0.1, 0.15) is 5.82 Å². The maximum absolute atomic E-state index is 13.6. The summed E-state index contributed by atoms with van der Waals surface area (Å²) in [4.78, 5) is 6.88. The molecule has 0 radical (unpaired) electrons. The van der Waals surface area contributed by atoms with Crippen LogP contribution >= 0.6 is 11.3 Å². The zero-order valence-electron chi connectivity index (χ0n) is 11.4. The molecule has 0 aliphatic carbocycles. The molecule has 5 heteroatoms. The van der Waals surface area contributed by atoms with Crippen molar-refractivity contribution in [2.45, 2.75) is 32.9 Å². The van der Waals surface area contributed by atoms with Gasteiger partial charge in [-0.05, 0) is 32.4 Å². The van der Waals surface area contributed by atoms with E-state index in [1.165, 1.54) is 0 Å². The van der Waals surface area contributed by atoms with Gasteiger partial charge in [0.2, 0.25) is 0 Å². The van der Waals surface area contributed by atoms with Crippen molar-refractivity contribution < 1.29 is 4.39 Å². The van der Waals surface area contributed by atoms with E-state index < -0.39 is 0 Å². The van der Waals surface area contributed by atoms with Crippen molar-refractivity contribution in [3.8, 4) is 0 Å². The summed E-state index contributed by atoms with van der Waals surface area (Å²) >= 11 is 1.65. The van der Waals surface area contributed by atoms with Crippen LogP contribution in [0.5, 0.6) is 0 Å². The third-order valence-electron chi connectivity index (χ3n) is 3.49. The van der Waals surface area contributed by atoms with Gasteiger partial charge in [-0.15, -0.1) is 0 Å². The monoisotopic (exact) mass is 279 g/mol. The Bertz CT molecular complexity index is 561. The molecule has 0 saturated carbocycles. The standard InChI is InChI=1S/C14H18FN3S/c1-8-4-13-12(5-11(8)15)17-14(19-13)18-6-9(2)16-10(3)7-18/h4-5,9-10,16H,6-7H2,1-3H3/t9-,10+. The van der Waals surface area contributed by atoms with Crippen molar-refractivity contribution in [1.82, 2.24) is 10.3 Å². The van der Waals surface area contributed by atoms with Gasteiger partial charge < -0.3 is 10.2 Å². The van der Waals surface area contributed by atoms with Gasteiger partial charge >= 0.3 is 0 Å². The first-order chi connectivity index (χ1) is 9.02. The van der Waals surface area contributed by atoms with E-state index in [2.05, 4.69) is 29.0 Å². The second kappa shape index (κ2) is 4.72. The smallest absolute Gasteiger partial charge is 0.186 e. The summed E-state index contributed by atoms with van der Waals surface area (Å²) in [7, 11) is 0. The Hall–Kier alpha value is -1.20. The van der Waals surface area contributed by atoms with Gasteiger partial charge in [0, 0.05) is 31.2 Å². The molecule has 1 aliphatic heterocycles. The van der Waals surface area contributed by atoms with Crippen LogP contribution < -0.4 is 10.2 Å². The molecule has 3 nitrogen and oxygen atoms in total. The summed E-state index contributed by atoms with van der Waals surface area (Å²) in [6, 6.07) is 4.34. The van der Waals surface area contributed by atoms with Crippen LogP contribution in [0.3, 0.4) is 0 Å². The Balaban J connectivity index is 1.96. The van der Waals surface area contributed by atoms with Gasteiger partial charge in [-0.25, -0.2) is 9.37 Å². The van der Waals surface area contributed by atoms with E-state index in [4.69, 9.17) is 0 Å². The molecule has 3 rings (SSSR count). The molecule has 0 unspecified atom stereocenters. The van der Waals surface area contributed by atoms with Crippen molar-refractivity contribution in [2.75, 3.05) is 18.0 Å². The van der Waals surface area contributed by atoms with Crippen LogP contribution in [-0.2, 0) is 0 Å². The molecule has 1 aromatic carbocycles.